The molecule has 0 saturated heterocycles. The predicted octanol–water partition coefficient (Wildman–Crippen LogP) is 4.81. The van der Waals surface area contributed by atoms with Crippen LogP contribution in [0.2, 0.25) is 5.02 Å². The SMILES string of the molecule is COc1ccc([C@@H]2CC(c3cccc(OC)c3)=NN2C(=O)CN(C)C(=O)c2ccccc2Cl)cc1. The second-order valence-electron chi connectivity index (χ2n) is 8.15. The van der Waals surface area contributed by atoms with E-state index in [1.54, 1.807) is 45.5 Å². The van der Waals surface area contributed by atoms with Crippen molar-refractivity contribution in [3.05, 3.63) is 94.5 Å². The Morgan fingerprint density at radius 3 is 2.40 bits per heavy atom. The van der Waals surface area contributed by atoms with Gasteiger partial charge >= 0.3 is 0 Å². The molecule has 1 heterocycles. The van der Waals surface area contributed by atoms with Gasteiger partial charge < -0.3 is 14.4 Å². The van der Waals surface area contributed by atoms with Gasteiger partial charge in [-0.15, -0.1) is 0 Å². The minimum atomic E-state index is -0.332. The number of hydrogen-bond donors (Lipinski definition) is 0. The highest BCUT2D eigenvalue weighted by Gasteiger charge is 2.34. The fraction of sp³-hybridized carbons (Fsp3) is 0.222. The van der Waals surface area contributed by atoms with E-state index in [1.165, 1.54) is 9.91 Å². The van der Waals surface area contributed by atoms with E-state index in [9.17, 15) is 9.59 Å². The smallest absolute Gasteiger partial charge is 0.262 e. The van der Waals surface area contributed by atoms with Gasteiger partial charge in [0.1, 0.15) is 18.0 Å². The molecule has 3 aromatic rings. The summed E-state index contributed by atoms with van der Waals surface area (Å²) >= 11 is 6.18. The third kappa shape index (κ3) is 5.30. The Kier molecular flexibility index (Phi) is 7.36. The number of rotatable bonds is 7. The summed E-state index contributed by atoms with van der Waals surface area (Å²) in [4.78, 5) is 27.7. The molecule has 0 aliphatic carbocycles. The molecule has 3 aromatic carbocycles. The van der Waals surface area contributed by atoms with Gasteiger partial charge in [-0.3, -0.25) is 9.59 Å². The average molecular weight is 492 g/mol. The second-order valence-corrected chi connectivity index (χ2v) is 8.56. The fourth-order valence-electron chi connectivity index (χ4n) is 3.99. The summed E-state index contributed by atoms with van der Waals surface area (Å²) < 4.78 is 10.6. The summed E-state index contributed by atoms with van der Waals surface area (Å²) in [6.07, 6.45) is 0.521. The molecule has 0 radical (unpaired) electrons. The third-order valence-electron chi connectivity index (χ3n) is 5.89. The second kappa shape index (κ2) is 10.6. The first-order valence-electron chi connectivity index (χ1n) is 11.1. The lowest BCUT2D eigenvalue weighted by Gasteiger charge is -2.25. The van der Waals surface area contributed by atoms with E-state index in [1.807, 2.05) is 48.5 Å². The maximum Gasteiger partial charge on any atom is 0.262 e. The minimum Gasteiger partial charge on any atom is -0.497 e. The van der Waals surface area contributed by atoms with Crippen LogP contribution < -0.4 is 9.47 Å². The summed E-state index contributed by atoms with van der Waals surface area (Å²) in [5, 5.41) is 6.49. The molecular weight excluding hydrogens is 466 g/mol. The van der Waals surface area contributed by atoms with Crippen LogP contribution >= 0.6 is 11.6 Å². The first-order valence-corrected chi connectivity index (χ1v) is 11.5. The van der Waals surface area contributed by atoms with E-state index in [0.29, 0.717) is 22.8 Å². The topological polar surface area (TPSA) is 71.4 Å². The molecule has 1 aliphatic rings. The summed E-state index contributed by atoms with van der Waals surface area (Å²) in [6.45, 7) is -0.147. The molecule has 0 saturated carbocycles. The van der Waals surface area contributed by atoms with E-state index in [-0.39, 0.29) is 24.4 Å². The highest BCUT2D eigenvalue weighted by Crippen LogP contribution is 2.34. The normalized spacial score (nSPS) is 14.9. The molecule has 2 amide bonds. The summed E-state index contributed by atoms with van der Waals surface area (Å²) in [5.41, 5.74) is 2.90. The molecule has 8 heteroatoms. The molecule has 1 aliphatic heterocycles. The number of carbonyl (C=O) groups is 2. The summed E-state index contributed by atoms with van der Waals surface area (Å²) in [5.74, 6) is 0.803. The third-order valence-corrected chi connectivity index (χ3v) is 6.22. The van der Waals surface area contributed by atoms with E-state index in [2.05, 4.69) is 5.10 Å². The lowest BCUT2D eigenvalue weighted by molar-refractivity contribution is -0.133. The van der Waals surface area contributed by atoms with Crippen molar-refractivity contribution in [2.45, 2.75) is 12.5 Å². The van der Waals surface area contributed by atoms with Crippen molar-refractivity contribution in [1.29, 1.82) is 0 Å². The number of amides is 2. The van der Waals surface area contributed by atoms with Crippen molar-refractivity contribution in [3.8, 4) is 11.5 Å². The van der Waals surface area contributed by atoms with Crippen LogP contribution in [0.4, 0.5) is 0 Å². The quantitative estimate of drug-likeness (QED) is 0.475. The zero-order chi connectivity index (χ0) is 24.9. The Bertz CT molecular complexity index is 1260. The van der Waals surface area contributed by atoms with Crippen molar-refractivity contribution in [3.63, 3.8) is 0 Å². The van der Waals surface area contributed by atoms with Crippen LogP contribution in [0.3, 0.4) is 0 Å². The van der Waals surface area contributed by atoms with Crippen LogP contribution in [0, 0.1) is 0 Å². The zero-order valence-corrected chi connectivity index (χ0v) is 20.5. The minimum absolute atomic E-state index is 0.147. The number of methoxy groups -OCH3 is 2. The molecule has 0 spiro atoms. The van der Waals surface area contributed by atoms with Crippen molar-refractivity contribution in [2.75, 3.05) is 27.8 Å². The van der Waals surface area contributed by atoms with E-state index in [4.69, 9.17) is 21.1 Å². The number of hydrogen-bond acceptors (Lipinski definition) is 5. The number of carbonyl (C=O) groups excluding carboxylic acids is 2. The largest absolute Gasteiger partial charge is 0.497 e. The lowest BCUT2D eigenvalue weighted by atomic mass is 9.98. The molecular formula is C27H26ClN3O4. The zero-order valence-electron chi connectivity index (χ0n) is 19.8. The van der Waals surface area contributed by atoms with Gasteiger partial charge in [0.25, 0.3) is 11.8 Å². The van der Waals surface area contributed by atoms with Crippen LogP contribution in [0.15, 0.2) is 77.9 Å². The van der Waals surface area contributed by atoms with Gasteiger partial charge in [0.2, 0.25) is 0 Å². The van der Waals surface area contributed by atoms with Gasteiger partial charge in [0.05, 0.1) is 36.6 Å². The maximum absolute atomic E-state index is 13.4. The Morgan fingerprint density at radius 1 is 1.00 bits per heavy atom. The summed E-state index contributed by atoms with van der Waals surface area (Å²) in [7, 11) is 4.79. The van der Waals surface area contributed by atoms with Gasteiger partial charge in [-0.25, -0.2) is 5.01 Å². The van der Waals surface area contributed by atoms with Crippen LogP contribution in [0.25, 0.3) is 0 Å². The summed E-state index contributed by atoms with van der Waals surface area (Å²) in [6, 6.07) is 21.6. The lowest BCUT2D eigenvalue weighted by Crippen LogP contribution is -2.39. The van der Waals surface area contributed by atoms with Crippen molar-refractivity contribution < 1.29 is 19.1 Å². The number of hydrazone groups is 1. The number of nitrogens with zero attached hydrogens (tertiary/aromatic N) is 3. The first kappa shape index (κ1) is 24.3. The molecule has 180 valence electrons. The number of benzene rings is 3. The molecule has 35 heavy (non-hydrogen) atoms. The first-order chi connectivity index (χ1) is 16.9. The van der Waals surface area contributed by atoms with Crippen LogP contribution in [-0.4, -0.2) is 55.2 Å². The van der Waals surface area contributed by atoms with Gasteiger partial charge in [-0.1, -0.05) is 48.0 Å². The Morgan fingerprint density at radius 2 is 1.71 bits per heavy atom. The van der Waals surface area contributed by atoms with Crippen LogP contribution in [0.1, 0.15) is 33.9 Å². The number of halogens is 1. The molecule has 0 N–H and O–H groups in total. The number of ether oxygens (including phenoxy) is 2. The van der Waals surface area contributed by atoms with Gasteiger partial charge in [0, 0.05) is 19.0 Å². The molecule has 1 atom stereocenters. The van der Waals surface area contributed by atoms with Crippen molar-refractivity contribution in [1.82, 2.24) is 9.91 Å². The maximum atomic E-state index is 13.4. The average Bonchev–Trinajstić information content (AvgIpc) is 3.34. The molecule has 0 unspecified atom stereocenters. The number of likely N-dealkylation sites (N-methyl/N-ethyl adjacent to an activating group) is 1. The Labute approximate surface area is 209 Å². The molecule has 0 fully saturated rings. The van der Waals surface area contributed by atoms with E-state index < -0.39 is 0 Å². The van der Waals surface area contributed by atoms with Crippen molar-refractivity contribution in [2.24, 2.45) is 5.10 Å². The van der Waals surface area contributed by atoms with Crippen LogP contribution in [-0.2, 0) is 4.79 Å². The van der Waals surface area contributed by atoms with Crippen LogP contribution in [0.5, 0.6) is 11.5 Å². The molecule has 0 aromatic heterocycles. The van der Waals surface area contributed by atoms with Gasteiger partial charge in [0.15, 0.2) is 0 Å². The highest BCUT2D eigenvalue weighted by molar-refractivity contribution is 6.33. The Balaban J connectivity index is 1.61. The highest BCUT2D eigenvalue weighted by atomic mass is 35.5. The van der Waals surface area contributed by atoms with E-state index in [0.717, 1.165) is 22.6 Å². The Hall–Kier alpha value is -3.84. The molecule has 7 nitrogen and oxygen atoms in total. The van der Waals surface area contributed by atoms with Crippen molar-refractivity contribution >= 4 is 29.1 Å². The monoisotopic (exact) mass is 491 g/mol. The van der Waals surface area contributed by atoms with Gasteiger partial charge in [-0.2, -0.15) is 5.10 Å². The molecule has 0 bridgehead atoms. The predicted molar refractivity (Wildman–Crippen MR) is 135 cm³/mol. The fourth-order valence-corrected chi connectivity index (χ4v) is 4.21. The van der Waals surface area contributed by atoms with E-state index >= 15 is 0 Å². The van der Waals surface area contributed by atoms with Gasteiger partial charge in [-0.05, 0) is 42.0 Å². The standard InChI is InChI=1S/C27H26ClN3O4/c1-30(27(33)22-9-4-5-10-23(22)28)17-26(32)31-25(18-11-13-20(34-2)14-12-18)16-24(29-31)19-7-6-8-21(15-19)35-3/h4-15,25H,16-17H2,1-3H3/t25-/m0/s1. The molecule has 4 rings (SSSR count).